The maximum atomic E-state index is 12.6. The number of nitrogens with zero attached hydrogens (tertiary/aromatic N) is 3. The molecule has 2 heterocycles. The third-order valence-corrected chi connectivity index (χ3v) is 4.51. The van der Waals surface area contributed by atoms with Gasteiger partial charge in [-0.25, -0.2) is 19.4 Å². The van der Waals surface area contributed by atoms with Crippen molar-refractivity contribution in [3.05, 3.63) is 68.5 Å². The number of rotatable bonds is 5. The Morgan fingerprint density at radius 3 is 2.42 bits per heavy atom. The van der Waals surface area contributed by atoms with Crippen LogP contribution >= 0.6 is 0 Å². The number of hydrogen-bond donors (Lipinski definition) is 0. The van der Waals surface area contributed by atoms with Crippen molar-refractivity contribution in [1.82, 2.24) is 14.1 Å². The minimum atomic E-state index is -0.800. The number of pyridine rings is 1. The van der Waals surface area contributed by atoms with E-state index in [1.165, 1.54) is 63.2 Å². The number of carbonyl (C=O) groups is 2. The predicted molar refractivity (Wildman–Crippen MR) is 111 cm³/mol. The molecule has 0 saturated carbocycles. The van der Waals surface area contributed by atoms with Crippen molar-refractivity contribution >= 4 is 29.0 Å². The first-order chi connectivity index (χ1) is 14.8. The van der Waals surface area contributed by atoms with E-state index in [0.29, 0.717) is 5.56 Å². The first-order valence-electron chi connectivity index (χ1n) is 8.99. The average molecular weight is 425 g/mol. The molecule has 1 aromatic carbocycles. The van der Waals surface area contributed by atoms with E-state index in [1.54, 1.807) is 12.1 Å². The molecule has 0 spiro atoms. The standard InChI is InChI=1S/C21H19N3O7/c1-23-18-13(19(26)24(2)21(23)28)7-8-14(22-18)20(27)31-15-9-5-12(11-16(15)29-3)6-10-17(25)30-4/h5-11H,1-4H3/b10-6+. The van der Waals surface area contributed by atoms with Crippen molar-refractivity contribution in [2.75, 3.05) is 14.2 Å². The van der Waals surface area contributed by atoms with Crippen LogP contribution in [0, 0.1) is 0 Å². The Morgan fingerprint density at radius 2 is 1.74 bits per heavy atom. The molecule has 0 aliphatic carbocycles. The van der Waals surface area contributed by atoms with Crippen molar-refractivity contribution in [1.29, 1.82) is 0 Å². The van der Waals surface area contributed by atoms with Gasteiger partial charge in [0, 0.05) is 20.2 Å². The zero-order valence-corrected chi connectivity index (χ0v) is 17.2. The first-order valence-corrected chi connectivity index (χ1v) is 8.99. The van der Waals surface area contributed by atoms with Crippen LogP contribution in [0.2, 0.25) is 0 Å². The van der Waals surface area contributed by atoms with Gasteiger partial charge in [-0.15, -0.1) is 0 Å². The number of benzene rings is 1. The third-order valence-electron chi connectivity index (χ3n) is 4.51. The van der Waals surface area contributed by atoms with Gasteiger partial charge in [-0.1, -0.05) is 6.07 Å². The van der Waals surface area contributed by atoms with E-state index >= 15 is 0 Å². The Hall–Kier alpha value is -4.21. The second-order valence-corrected chi connectivity index (χ2v) is 6.43. The lowest BCUT2D eigenvalue weighted by Gasteiger charge is -2.11. The van der Waals surface area contributed by atoms with Crippen LogP contribution in [0.15, 0.2) is 46.0 Å². The van der Waals surface area contributed by atoms with Crippen LogP contribution in [-0.4, -0.2) is 40.3 Å². The Labute approximate surface area is 175 Å². The highest BCUT2D eigenvalue weighted by Gasteiger charge is 2.17. The zero-order valence-electron chi connectivity index (χ0n) is 17.2. The topological polar surface area (TPSA) is 119 Å². The average Bonchev–Trinajstić information content (AvgIpc) is 2.79. The fourth-order valence-electron chi connectivity index (χ4n) is 2.82. The minimum absolute atomic E-state index is 0.0674. The van der Waals surface area contributed by atoms with Crippen molar-refractivity contribution in [2.45, 2.75) is 0 Å². The summed E-state index contributed by atoms with van der Waals surface area (Å²) in [5.41, 5.74) is -0.474. The highest BCUT2D eigenvalue weighted by atomic mass is 16.6. The Bertz CT molecular complexity index is 1340. The molecule has 0 aliphatic heterocycles. The predicted octanol–water partition coefficient (Wildman–Crippen LogP) is 1.05. The third kappa shape index (κ3) is 4.22. The van der Waals surface area contributed by atoms with Gasteiger partial charge in [-0.3, -0.25) is 13.9 Å². The van der Waals surface area contributed by atoms with Gasteiger partial charge in [0.2, 0.25) is 0 Å². The number of aromatic nitrogens is 3. The van der Waals surface area contributed by atoms with Crippen LogP contribution in [0.25, 0.3) is 17.1 Å². The molecule has 0 aliphatic rings. The summed E-state index contributed by atoms with van der Waals surface area (Å²) in [5.74, 6) is -0.933. The zero-order chi connectivity index (χ0) is 22.7. The lowest BCUT2D eigenvalue weighted by Crippen LogP contribution is -2.37. The lowest BCUT2D eigenvalue weighted by atomic mass is 10.2. The van der Waals surface area contributed by atoms with Crippen molar-refractivity contribution in [2.24, 2.45) is 14.1 Å². The van der Waals surface area contributed by atoms with Crippen LogP contribution in [-0.2, 0) is 23.6 Å². The molecular formula is C21H19N3O7. The van der Waals surface area contributed by atoms with Gasteiger partial charge in [-0.05, 0) is 35.9 Å². The lowest BCUT2D eigenvalue weighted by molar-refractivity contribution is -0.134. The number of carbonyl (C=O) groups excluding carboxylic acids is 2. The molecule has 0 atom stereocenters. The summed E-state index contributed by atoms with van der Waals surface area (Å²) < 4.78 is 17.3. The summed E-state index contributed by atoms with van der Waals surface area (Å²) in [6, 6.07) is 7.45. The molecule has 0 radical (unpaired) electrons. The van der Waals surface area contributed by atoms with Gasteiger partial charge >= 0.3 is 17.6 Å². The summed E-state index contributed by atoms with van der Waals surface area (Å²) in [6.45, 7) is 0. The van der Waals surface area contributed by atoms with Crippen LogP contribution in [0.4, 0.5) is 0 Å². The molecule has 3 rings (SSSR count). The summed E-state index contributed by atoms with van der Waals surface area (Å²) in [5, 5.41) is 0.195. The summed E-state index contributed by atoms with van der Waals surface area (Å²) in [6.07, 6.45) is 2.76. The number of fused-ring (bicyclic) bond motifs is 1. The molecular weight excluding hydrogens is 406 g/mol. The quantitative estimate of drug-likeness (QED) is 0.338. The van der Waals surface area contributed by atoms with E-state index in [1.807, 2.05) is 0 Å². The number of aryl methyl sites for hydroxylation is 1. The van der Waals surface area contributed by atoms with E-state index in [-0.39, 0.29) is 28.2 Å². The molecule has 160 valence electrons. The van der Waals surface area contributed by atoms with Crippen LogP contribution in [0.5, 0.6) is 11.5 Å². The molecule has 0 N–H and O–H groups in total. The monoisotopic (exact) mass is 425 g/mol. The van der Waals surface area contributed by atoms with Crippen molar-refractivity contribution in [3.63, 3.8) is 0 Å². The van der Waals surface area contributed by atoms with E-state index in [9.17, 15) is 19.2 Å². The number of esters is 2. The Kier molecular flexibility index (Phi) is 6.00. The molecule has 10 nitrogen and oxygen atoms in total. The van der Waals surface area contributed by atoms with Gasteiger partial charge in [0.15, 0.2) is 17.2 Å². The Morgan fingerprint density at radius 1 is 1.00 bits per heavy atom. The highest BCUT2D eigenvalue weighted by Crippen LogP contribution is 2.29. The fraction of sp³-hybridized carbons (Fsp3) is 0.190. The van der Waals surface area contributed by atoms with Gasteiger partial charge in [0.25, 0.3) is 5.56 Å². The summed E-state index contributed by atoms with van der Waals surface area (Å²) >= 11 is 0. The maximum Gasteiger partial charge on any atom is 0.362 e. The molecule has 0 unspecified atom stereocenters. The van der Waals surface area contributed by atoms with E-state index in [2.05, 4.69) is 9.72 Å². The number of ether oxygens (including phenoxy) is 3. The normalized spacial score (nSPS) is 11.0. The molecule has 2 aromatic heterocycles. The van der Waals surface area contributed by atoms with Crippen molar-refractivity contribution < 1.29 is 23.8 Å². The van der Waals surface area contributed by atoms with Gasteiger partial charge in [0.1, 0.15) is 5.65 Å². The maximum absolute atomic E-state index is 12.6. The van der Waals surface area contributed by atoms with E-state index in [4.69, 9.17) is 9.47 Å². The molecule has 0 amide bonds. The van der Waals surface area contributed by atoms with Gasteiger partial charge < -0.3 is 14.2 Å². The van der Waals surface area contributed by atoms with Crippen LogP contribution < -0.4 is 20.7 Å². The van der Waals surface area contributed by atoms with Gasteiger partial charge in [-0.2, -0.15) is 0 Å². The summed E-state index contributed by atoms with van der Waals surface area (Å²) in [4.78, 5) is 52.4. The van der Waals surface area contributed by atoms with E-state index in [0.717, 1.165) is 4.57 Å². The van der Waals surface area contributed by atoms with Crippen LogP contribution in [0.3, 0.4) is 0 Å². The van der Waals surface area contributed by atoms with Gasteiger partial charge in [0.05, 0.1) is 19.6 Å². The molecule has 10 heteroatoms. The highest BCUT2D eigenvalue weighted by molar-refractivity contribution is 5.92. The SMILES string of the molecule is COC(=O)/C=C/c1ccc(OC(=O)c2ccc3c(=O)n(C)c(=O)n(C)c3n2)c(OC)c1. The second kappa shape index (κ2) is 8.66. The minimum Gasteiger partial charge on any atom is -0.493 e. The molecule has 31 heavy (non-hydrogen) atoms. The van der Waals surface area contributed by atoms with Crippen molar-refractivity contribution in [3.8, 4) is 11.5 Å². The molecule has 0 bridgehead atoms. The number of methoxy groups -OCH3 is 2. The Balaban J connectivity index is 1.93. The number of hydrogen-bond acceptors (Lipinski definition) is 8. The van der Waals surface area contributed by atoms with E-state index < -0.39 is 23.2 Å². The summed E-state index contributed by atoms with van der Waals surface area (Å²) in [7, 11) is 5.49. The smallest absolute Gasteiger partial charge is 0.362 e. The second-order valence-electron chi connectivity index (χ2n) is 6.43. The first kappa shape index (κ1) is 21.5. The molecule has 0 fully saturated rings. The fourth-order valence-corrected chi connectivity index (χ4v) is 2.82. The van der Waals surface area contributed by atoms with Crippen LogP contribution in [0.1, 0.15) is 16.1 Å². The largest absolute Gasteiger partial charge is 0.493 e. The molecule has 3 aromatic rings. The molecule has 0 saturated heterocycles.